The summed E-state index contributed by atoms with van der Waals surface area (Å²) in [5.41, 5.74) is -0.684. The van der Waals surface area contributed by atoms with Crippen LogP contribution in [0.25, 0.3) is 6.08 Å². The molecule has 0 aliphatic carbocycles. The lowest BCUT2D eigenvalue weighted by Crippen LogP contribution is -2.15. The molecular formula is C19H15F3O4. The number of Topliss-reactive ketones (excluding diaryl/α,β-unsaturated/α-hetero) is 1. The summed E-state index contributed by atoms with van der Waals surface area (Å²) in [7, 11) is 2.55. The van der Waals surface area contributed by atoms with E-state index in [4.69, 9.17) is 4.74 Å². The Labute approximate surface area is 147 Å². The third-order valence-electron chi connectivity index (χ3n) is 3.53. The van der Waals surface area contributed by atoms with E-state index in [-0.39, 0.29) is 16.7 Å². The van der Waals surface area contributed by atoms with E-state index in [1.165, 1.54) is 37.5 Å². The Balaban J connectivity index is 2.42. The minimum Gasteiger partial charge on any atom is -0.497 e. The molecule has 0 unspecified atom stereocenters. The second-order valence-electron chi connectivity index (χ2n) is 5.23. The average molecular weight is 364 g/mol. The van der Waals surface area contributed by atoms with Crippen LogP contribution < -0.4 is 4.74 Å². The van der Waals surface area contributed by atoms with Gasteiger partial charge in [0.05, 0.1) is 19.8 Å². The maximum Gasteiger partial charge on any atom is 0.416 e. The molecule has 0 saturated carbocycles. The molecule has 0 radical (unpaired) electrons. The first kappa shape index (κ1) is 19.2. The third kappa shape index (κ3) is 4.50. The standard InChI is InChI=1S/C19H15F3O4/c1-25-15-5-3-4-13(11-15)17(23)16(18(24)26-2)10-12-6-8-14(9-7-12)19(20,21)22/h3-11H,1-2H3/b16-10-. The minimum atomic E-state index is -4.47. The Hall–Kier alpha value is -3.09. The smallest absolute Gasteiger partial charge is 0.416 e. The molecular weight excluding hydrogens is 349 g/mol. The summed E-state index contributed by atoms with van der Waals surface area (Å²) in [6.07, 6.45) is -3.28. The highest BCUT2D eigenvalue weighted by Crippen LogP contribution is 2.29. The summed E-state index contributed by atoms with van der Waals surface area (Å²) in [6, 6.07) is 10.2. The van der Waals surface area contributed by atoms with Crippen LogP contribution >= 0.6 is 0 Å². The van der Waals surface area contributed by atoms with Crippen molar-refractivity contribution in [3.05, 3.63) is 70.8 Å². The van der Waals surface area contributed by atoms with Gasteiger partial charge in [0.15, 0.2) is 5.78 Å². The van der Waals surface area contributed by atoms with Crippen molar-refractivity contribution >= 4 is 17.8 Å². The van der Waals surface area contributed by atoms with E-state index < -0.39 is 23.5 Å². The van der Waals surface area contributed by atoms with Crippen LogP contribution in [0.3, 0.4) is 0 Å². The zero-order valence-corrected chi connectivity index (χ0v) is 14.0. The normalized spacial score (nSPS) is 11.8. The highest BCUT2D eigenvalue weighted by atomic mass is 19.4. The summed E-state index contributed by atoms with van der Waals surface area (Å²) in [4.78, 5) is 24.6. The highest BCUT2D eigenvalue weighted by molar-refractivity contribution is 6.26. The third-order valence-corrected chi connectivity index (χ3v) is 3.53. The van der Waals surface area contributed by atoms with E-state index in [0.717, 1.165) is 19.2 Å². The van der Waals surface area contributed by atoms with Gasteiger partial charge in [-0.3, -0.25) is 4.79 Å². The summed E-state index contributed by atoms with van der Waals surface area (Å²) in [6.45, 7) is 0. The molecule has 2 aromatic rings. The molecule has 0 atom stereocenters. The molecule has 0 amide bonds. The first-order chi connectivity index (χ1) is 12.3. The molecule has 0 heterocycles. The van der Waals surface area contributed by atoms with Crippen LogP contribution in [0.2, 0.25) is 0 Å². The summed E-state index contributed by atoms with van der Waals surface area (Å²) in [5, 5.41) is 0. The Bertz CT molecular complexity index is 837. The van der Waals surface area contributed by atoms with Gasteiger partial charge in [0.1, 0.15) is 11.3 Å². The summed E-state index contributed by atoms with van der Waals surface area (Å²) < 4.78 is 47.6. The number of ether oxygens (including phenoxy) is 2. The van der Waals surface area contributed by atoms with Crippen LogP contribution in [-0.2, 0) is 15.7 Å². The van der Waals surface area contributed by atoms with E-state index in [9.17, 15) is 22.8 Å². The molecule has 0 saturated heterocycles. The molecule has 0 spiro atoms. The first-order valence-electron chi connectivity index (χ1n) is 7.42. The second kappa shape index (κ2) is 7.86. The number of benzene rings is 2. The first-order valence-corrected chi connectivity index (χ1v) is 7.42. The largest absolute Gasteiger partial charge is 0.497 e. The van der Waals surface area contributed by atoms with Crippen molar-refractivity contribution in [2.45, 2.75) is 6.18 Å². The van der Waals surface area contributed by atoms with Gasteiger partial charge in [-0.15, -0.1) is 0 Å². The topological polar surface area (TPSA) is 52.6 Å². The predicted molar refractivity (Wildman–Crippen MR) is 88.8 cm³/mol. The molecule has 2 rings (SSSR count). The number of esters is 1. The van der Waals surface area contributed by atoms with Crippen LogP contribution in [0.4, 0.5) is 13.2 Å². The second-order valence-corrected chi connectivity index (χ2v) is 5.23. The van der Waals surface area contributed by atoms with Gasteiger partial charge in [-0.2, -0.15) is 13.2 Å². The van der Waals surface area contributed by atoms with Crippen LogP contribution in [0.5, 0.6) is 5.75 Å². The summed E-state index contributed by atoms with van der Waals surface area (Å²) >= 11 is 0. The fourth-order valence-corrected chi connectivity index (χ4v) is 2.18. The van der Waals surface area contributed by atoms with Gasteiger partial charge in [-0.25, -0.2) is 4.79 Å². The molecule has 0 fully saturated rings. The number of hydrogen-bond donors (Lipinski definition) is 0. The van der Waals surface area contributed by atoms with Crippen LogP contribution in [0.15, 0.2) is 54.1 Å². The molecule has 0 bridgehead atoms. The van der Waals surface area contributed by atoms with E-state index in [1.54, 1.807) is 12.1 Å². The van der Waals surface area contributed by atoms with E-state index in [2.05, 4.69) is 4.74 Å². The zero-order chi connectivity index (χ0) is 19.3. The molecule has 0 aliphatic heterocycles. The van der Waals surface area contributed by atoms with Gasteiger partial charge < -0.3 is 9.47 Å². The fourth-order valence-electron chi connectivity index (χ4n) is 2.18. The van der Waals surface area contributed by atoms with Crippen molar-refractivity contribution in [2.75, 3.05) is 14.2 Å². The zero-order valence-electron chi connectivity index (χ0n) is 14.0. The molecule has 0 aliphatic rings. The van der Waals surface area contributed by atoms with Gasteiger partial charge in [0.2, 0.25) is 0 Å². The number of methoxy groups -OCH3 is 2. The Morgan fingerprint density at radius 2 is 1.65 bits per heavy atom. The Kier molecular flexibility index (Phi) is 5.82. The SMILES string of the molecule is COC(=O)/C(=C\c1ccc(C(F)(F)F)cc1)C(=O)c1cccc(OC)c1. The lowest BCUT2D eigenvalue weighted by molar-refractivity contribution is -0.137. The van der Waals surface area contributed by atoms with Crippen molar-refractivity contribution < 1.29 is 32.2 Å². The fraction of sp³-hybridized carbons (Fsp3) is 0.158. The number of carbonyl (C=O) groups is 2. The number of ketones is 1. The van der Waals surface area contributed by atoms with Crippen molar-refractivity contribution in [3.8, 4) is 5.75 Å². The highest BCUT2D eigenvalue weighted by Gasteiger charge is 2.30. The molecule has 0 N–H and O–H groups in total. The maximum atomic E-state index is 12.6. The molecule has 2 aromatic carbocycles. The number of hydrogen-bond acceptors (Lipinski definition) is 4. The van der Waals surface area contributed by atoms with Gasteiger partial charge in [0, 0.05) is 5.56 Å². The van der Waals surface area contributed by atoms with Crippen LogP contribution in [0, 0.1) is 0 Å². The quantitative estimate of drug-likeness (QED) is 0.263. The van der Waals surface area contributed by atoms with E-state index >= 15 is 0 Å². The van der Waals surface area contributed by atoms with Crippen molar-refractivity contribution in [1.29, 1.82) is 0 Å². The molecule has 136 valence electrons. The minimum absolute atomic E-state index is 0.188. The number of rotatable bonds is 5. The lowest BCUT2D eigenvalue weighted by atomic mass is 10.00. The van der Waals surface area contributed by atoms with Crippen molar-refractivity contribution in [2.24, 2.45) is 0 Å². The number of carbonyl (C=O) groups excluding carboxylic acids is 2. The lowest BCUT2D eigenvalue weighted by Gasteiger charge is -2.08. The predicted octanol–water partition coefficient (Wildman–Crippen LogP) is 4.15. The van der Waals surface area contributed by atoms with Gasteiger partial charge in [-0.1, -0.05) is 24.3 Å². The number of alkyl halides is 3. The van der Waals surface area contributed by atoms with Gasteiger partial charge in [-0.05, 0) is 35.9 Å². The maximum absolute atomic E-state index is 12.6. The van der Waals surface area contributed by atoms with Crippen molar-refractivity contribution in [1.82, 2.24) is 0 Å². The van der Waals surface area contributed by atoms with Crippen LogP contribution in [0.1, 0.15) is 21.5 Å². The van der Waals surface area contributed by atoms with E-state index in [0.29, 0.717) is 5.75 Å². The Morgan fingerprint density at radius 1 is 1.00 bits per heavy atom. The molecule has 7 heteroatoms. The average Bonchev–Trinajstić information content (AvgIpc) is 2.64. The van der Waals surface area contributed by atoms with Gasteiger partial charge in [0.25, 0.3) is 0 Å². The molecule has 26 heavy (non-hydrogen) atoms. The molecule has 0 aromatic heterocycles. The monoisotopic (exact) mass is 364 g/mol. The van der Waals surface area contributed by atoms with Crippen molar-refractivity contribution in [3.63, 3.8) is 0 Å². The van der Waals surface area contributed by atoms with Gasteiger partial charge >= 0.3 is 12.1 Å². The Morgan fingerprint density at radius 3 is 2.19 bits per heavy atom. The summed E-state index contributed by atoms with van der Waals surface area (Å²) in [5.74, 6) is -1.09. The van der Waals surface area contributed by atoms with E-state index in [1.807, 2.05) is 0 Å². The molecule has 4 nitrogen and oxygen atoms in total. The number of halogens is 3. The van der Waals surface area contributed by atoms with Crippen LogP contribution in [-0.4, -0.2) is 26.0 Å².